The van der Waals surface area contributed by atoms with Crippen LogP contribution in [0.25, 0.3) is 0 Å². The molecule has 0 bridgehead atoms. The molecule has 0 radical (unpaired) electrons. The van der Waals surface area contributed by atoms with Crippen molar-refractivity contribution in [3.8, 4) is 0 Å². The third-order valence-corrected chi connectivity index (χ3v) is 6.98. The number of hydrogen-bond acceptors (Lipinski definition) is 8. The zero-order chi connectivity index (χ0) is 25.7. The molecule has 0 fully saturated rings. The summed E-state index contributed by atoms with van der Waals surface area (Å²) in [6.07, 6.45) is -35.3. The third-order valence-electron chi connectivity index (χ3n) is 2.85. The molecule has 0 aliphatic carbocycles. The molecule has 0 aliphatic heterocycles. The van der Waals surface area contributed by atoms with E-state index in [2.05, 4.69) is 8.37 Å². The van der Waals surface area contributed by atoms with Crippen molar-refractivity contribution in [1.82, 2.24) is 0 Å². The van der Waals surface area contributed by atoms with Gasteiger partial charge in [-0.15, -0.1) is 11.3 Å². The molecule has 0 saturated carbocycles. The van der Waals surface area contributed by atoms with Crippen molar-refractivity contribution >= 4 is 36.6 Å². The van der Waals surface area contributed by atoms with E-state index in [1.807, 2.05) is 0 Å². The van der Waals surface area contributed by atoms with E-state index in [4.69, 9.17) is 5.73 Å². The van der Waals surface area contributed by atoms with Gasteiger partial charge in [-0.05, 0) is 6.07 Å². The van der Waals surface area contributed by atoms with Crippen molar-refractivity contribution < 1.29 is 77.9 Å². The maximum Gasteiger partial charge on any atom is 0.425 e. The zero-order valence-corrected chi connectivity index (χ0v) is 16.5. The lowest BCUT2D eigenvalue weighted by Crippen LogP contribution is -2.45. The maximum absolute atomic E-state index is 12.5. The second kappa shape index (κ2) is 8.36. The Morgan fingerprint density at radius 2 is 1.00 bits per heavy atom. The fraction of sp³-hybridized carbons (Fsp3) is 0.600. The summed E-state index contributed by atoms with van der Waals surface area (Å²) in [6, 6.07) is -0.432. The molecule has 0 aliphatic rings. The van der Waals surface area contributed by atoms with Gasteiger partial charge < -0.3 is 5.73 Å². The van der Waals surface area contributed by atoms with Crippen LogP contribution in [0.5, 0.6) is 0 Å². The summed E-state index contributed by atoms with van der Waals surface area (Å²) in [5, 5.41) is -1.45. The van der Waals surface area contributed by atoms with Gasteiger partial charge in [-0.1, -0.05) is 0 Å². The molecule has 1 rings (SSSR count). The highest BCUT2D eigenvalue weighted by Crippen LogP contribution is 2.42. The van der Waals surface area contributed by atoms with Gasteiger partial charge in [0.2, 0.25) is 0 Å². The molecule has 1 aromatic heterocycles. The summed E-state index contributed by atoms with van der Waals surface area (Å²) in [4.78, 5) is -1.92. The van der Waals surface area contributed by atoms with Crippen molar-refractivity contribution in [2.24, 2.45) is 0 Å². The first-order chi connectivity index (χ1) is 13.8. The second-order valence-corrected chi connectivity index (χ2v) is 9.74. The molecule has 0 saturated heterocycles. The maximum atomic E-state index is 12.5. The number of halogens is 12. The first kappa shape index (κ1) is 28.5. The molecule has 2 N–H and O–H groups in total. The fourth-order valence-corrected chi connectivity index (χ4v) is 5.47. The van der Waals surface area contributed by atoms with Crippen molar-refractivity contribution in [2.45, 2.75) is 46.0 Å². The first-order valence-electron chi connectivity index (χ1n) is 6.83. The molecular formula is C10H5F12NO6S3. The molecule has 0 aromatic carbocycles. The average Bonchev–Trinajstić information content (AvgIpc) is 2.90. The van der Waals surface area contributed by atoms with Crippen LogP contribution >= 0.6 is 11.3 Å². The van der Waals surface area contributed by atoms with Gasteiger partial charge in [0.05, 0.1) is 0 Å². The van der Waals surface area contributed by atoms with E-state index < -0.39 is 88.7 Å². The molecule has 0 atom stereocenters. The Balaban J connectivity index is 3.43. The molecule has 1 aromatic rings. The predicted molar refractivity (Wildman–Crippen MR) is 77.1 cm³/mol. The lowest BCUT2D eigenvalue weighted by molar-refractivity contribution is -0.299. The molecule has 7 nitrogen and oxygen atoms in total. The standard InChI is InChI=1S/C10H5F12NO6S3/c11-7(12,13)5(8(14,15)16)28-31(24,25)2-1-3(30-4(2)23)32(26,27)29-6(9(17,18)19)10(20,21)22/h1,5-6H,23H2. The van der Waals surface area contributed by atoms with Crippen molar-refractivity contribution in [2.75, 3.05) is 5.73 Å². The second-order valence-electron chi connectivity index (χ2n) is 5.32. The highest BCUT2D eigenvalue weighted by molar-refractivity contribution is 7.89. The number of hydrogen-bond donors (Lipinski definition) is 1. The van der Waals surface area contributed by atoms with Crippen molar-refractivity contribution in [3.05, 3.63) is 6.07 Å². The topological polar surface area (TPSA) is 113 Å². The van der Waals surface area contributed by atoms with Crippen molar-refractivity contribution in [3.63, 3.8) is 0 Å². The minimum Gasteiger partial charge on any atom is -0.389 e. The number of anilines is 1. The zero-order valence-electron chi connectivity index (χ0n) is 14.0. The normalized spacial score (nSPS) is 15.1. The Morgan fingerprint density at radius 1 is 0.688 bits per heavy atom. The molecular weight excluding hydrogens is 554 g/mol. The van der Waals surface area contributed by atoms with E-state index in [1.165, 1.54) is 0 Å². The summed E-state index contributed by atoms with van der Waals surface area (Å²) in [5.74, 6) is 0. The molecule has 32 heavy (non-hydrogen) atoms. The van der Waals surface area contributed by atoms with Crippen LogP contribution in [-0.4, -0.2) is 53.7 Å². The minimum absolute atomic E-state index is 0.432. The quantitative estimate of drug-likeness (QED) is 0.418. The summed E-state index contributed by atoms with van der Waals surface area (Å²) in [7, 11) is -12.3. The van der Waals surface area contributed by atoms with Crippen LogP contribution in [0.3, 0.4) is 0 Å². The highest BCUT2D eigenvalue weighted by Gasteiger charge is 2.61. The smallest absolute Gasteiger partial charge is 0.389 e. The summed E-state index contributed by atoms with van der Waals surface area (Å²) < 4.78 is 200. The van der Waals surface area contributed by atoms with Gasteiger partial charge in [-0.3, -0.25) is 0 Å². The lowest BCUT2D eigenvalue weighted by atomic mass is 10.3. The van der Waals surface area contributed by atoms with E-state index in [0.717, 1.165) is 0 Å². The molecule has 0 unspecified atom stereocenters. The molecule has 0 spiro atoms. The molecule has 188 valence electrons. The van der Waals surface area contributed by atoms with Crippen LogP contribution in [0.2, 0.25) is 0 Å². The molecule has 1 heterocycles. The van der Waals surface area contributed by atoms with Gasteiger partial charge in [-0.2, -0.15) is 69.5 Å². The monoisotopic (exact) mass is 559 g/mol. The Hall–Kier alpha value is -1.52. The Kier molecular flexibility index (Phi) is 7.45. The third kappa shape index (κ3) is 6.74. The Labute approximate surface area is 172 Å². The van der Waals surface area contributed by atoms with E-state index in [0.29, 0.717) is 0 Å². The van der Waals surface area contributed by atoms with Crippen LogP contribution < -0.4 is 5.73 Å². The fourth-order valence-electron chi connectivity index (χ4n) is 1.63. The van der Waals surface area contributed by atoms with Crippen LogP contribution in [0.1, 0.15) is 0 Å². The predicted octanol–water partition coefficient (Wildman–Crippen LogP) is 3.73. The van der Waals surface area contributed by atoms with Crippen molar-refractivity contribution in [1.29, 1.82) is 0 Å². The molecule has 0 amide bonds. The van der Waals surface area contributed by atoms with Crippen LogP contribution in [0.4, 0.5) is 57.7 Å². The highest BCUT2D eigenvalue weighted by atomic mass is 32.3. The Bertz CT molecular complexity index is 1010. The summed E-state index contributed by atoms with van der Waals surface area (Å²) in [5.41, 5.74) is 4.95. The number of nitrogens with two attached hydrogens (primary N) is 1. The van der Waals surface area contributed by atoms with E-state index in [-0.39, 0.29) is 0 Å². The van der Waals surface area contributed by atoms with E-state index >= 15 is 0 Å². The van der Waals surface area contributed by atoms with Gasteiger partial charge in [0.25, 0.3) is 12.2 Å². The number of alkyl halides is 12. The first-order valence-corrected chi connectivity index (χ1v) is 10.5. The summed E-state index contributed by atoms with van der Waals surface area (Å²) >= 11 is -0.638. The molecule has 22 heteroatoms. The lowest BCUT2D eigenvalue weighted by Gasteiger charge is -2.22. The van der Waals surface area contributed by atoms with E-state index in [1.54, 1.807) is 0 Å². The van der Waals surface area contributed by atoms with Gasteiger partial charge in [0.15, 0.2) is 0 Å². The number of nitrogen functional groups attached to an aromatic ring is 1. The van der Waals surface area contributed by atoms with E-state index in [9.17, 15) is 69.5 Å². The van der Waals surface area contributed by atoms with Gasteiger partial charge >= 0.3 is 44.9 Å². The summed E-state index contributed by atoms with van der Waals surface area (Å²) in [6.45, 7) is 0. The van der Waals surface area contributed by atoms with Gasteiger partial charge in [-0.25, -0.2) is 8.37 Å². The van der Waals surface area contributed by atoms with Crippen LogP contribution in [0, 0.1) is 0 Å². The Morgan fingerprint density at radius 3 is 1.31 bits per heavy atom. The van der Waals surface area contributed by atoms with Gasteiger partial charge in [0, 0.05) is 0 Å². The SMILES string of the molecule is Nc1sc(S(=O)(=O)OC(C(F)(F)F)C(F)(F)F)cc1S(=O)(=O)OC(C(F)(F)F)C(F)(F)F. The largest absolute Gasteiger partial charge is 0.425 e. The van der Waals surface area contributed by atoms with Gasteiger partial charge in [0.1, 0.15) is 14.1 Å². The number of rotatable bonds is 6. The van der Waals surface area contributed by atoms with Crippen LogP contribution in [0.15, 0.2) is 15.2 Å². The minimum atomic E-state index is -6.36. The van der Waals surface area contributed by atoms with Crippen LogP contribution in [-0.2, 0) is 28.6 Å². The number of thiophene rings is 1. The average molecular weight is 559 g/mol.